The lowest BCUT2D eigenvalue weighted by Gasteiger charge is -2.26. The van der Waals surface area contributed by atoms with Gasteiger partial charge in [0.15, 0.2) is 0 Å². The third-order valence-electron chi connectivity index (χ3n) is 2.65. The maximum Gasteiger partial charge on any atom is 0.234 e. The van der Waals surface area contributed by atoms with Crippen LogP contribution in [-0.2, 0) is 4.79 Å². The zero-order valence-electron chi connectivity index (χ0n) is 9.80. The molecular formula is C12H21N3O. The van der Waals surface area contributed by atoms with Crippen molar-refractivity contribution in [3.63, 3.8) is 0 Å². The molecule has 0 bridgehead atoms. The van der Waals surface area contributed by atoms with Crippen LogP contribution in [0.3, 0.4) is 0 Å². The second-order valence-electron chi connectivity index (χ2n) is 4.04. The van der Waals surface area contributed by atoms with Crippen molar-refractivity contribution in [3.05, 3.63) is 0 Å². The Hall–Kier alpha value is -1.05. The van der Waals surface area contributed by atoms with Gasteiger partial charge in [0.1, 0.15) is 0 Å². The maximum atomic E-state index is 11.5. The molecule has 1 rings (SSSR count). The number of terminal acetylenes is 1. The van der Waals surface area contributed by atoms with Crippen molar-refractivity contribution in [2.45, 2.75) is 19.3 Å². The molecule has 0 aromatic carbocycles. The fraction of sp³-hybridized carbons (Fsp3) is 0.750. The van der Waals surface area contributed by atoms with Gasteiger partial charge < -0.3 is 10.6 Å². The van der Waals surface area contributed by atoms with Crippen molar-refractivity contribution < 1.29 is 4.79 Å². The second-order valence-corrected chi connectivity index (χ2v) is 4.04. The fourth-order valence-electron chi connectivity index (χ4n) is 1.71. The van der Waals surface area contributed by atoms with Crippen LogP contribution in [0.2, 0.25) is 0 Å². The van der Waals surface area contributed by atoms with E-state index in [1.54, 1.807) is 0 Å². The molecule has 0 unspecified atom stereocenters. The van der Waals surface area contributed by atoms with E-state index in [4.69, 9.17) is 6.42 Å². The van der Waals surface area contributed by atoms with Crippen molar-refractivity contribution in [3.8, 4) is 12.3 Å². The minimum atomic E-state index is 0.127. The predicted molar refractivity (Wildman–Crippen MR) is 65.0 cm³/mol. The molecule has 0 radical (unpaired) electrons. The monoisotopic (exact) mass is 223 g/mol. The molecule has 0 saturated carbocycles. The average Bonchev–Trinajstić information content (AvgIpc) is 2.30. The molecule has 0 atom stereocenters. The van der Waals surface area contributed by atoms with Gasteiger partial charge in [-0.2, -0.15) is 0 Å². The summed E-state index contributed by atoms with van der Waals surface area (Å²) in [4.78, 5) is 13.7. The lowest BCUT2D eigenvalue weighted by Crippen LogP contribution is -2.47. The van der Waals surface area contributed by atoms with Crippen LogP contribution in [0.5, 0.6) is 0 Å². The lowest BCUT2D eigenvalue weighted by molar-refractivity contribution is -0.122. The molecule has 4 nitrogen and oxygen atoms in total. The van der Waals surface area contributed by atoms with E-state index < -0.39 is 0 Å². The Morgan fingerprint density at radius 2 is 2.12 bits per heavy atom. The largest absolute Gasteiger partial charge is 0.355 e. The van der Waals surface area contributed by atoms with Crippen LogP contribution in [0, 0.1) is 12.3 Å². The highest BCUT2D eigenvalue weighted by Gasteiger charge is 2.12. The topological polar surface area (TPSA) is 44.4 Å². The van der Waals surface area contributed by atoms with Crippen LogP contribution in [-0.4, -0.2) is 50.1 Å². The number of rotatable bonds is 6. The highest BCUT2D eigenvalue weighted by atomic mass is 16.2. The van der Waals surface area contributed by atoms with E-state index in [0.717, 1.165) is 52.0 Å². The van der Waals surface area contributed by atoms with Crippen LogP contribution in [0.4, 0.5) is 0 Å². The summed E-state index contributed by atoms with van der Waals surface area (Å²) in [5, 5.41) is 6.18. The SMILES string of the molecule is C#CCCCCNC(=O)CN1CCNCC1. The van der Waals surface area contributed by atoms with Gasteiger partial charge in [-0.15, -0.1) is 12.3 Å². The molecule has 0 aromatic rings. The normalized spacial score (nSPS) is 16.7. The Balaban J connectivity index is 1.99. The molecule has 2 N–H and O–H groups in total. The van der Waals surface area contributed by atoms with E-state index in [1.165, 1.54) is 0 Å². The molecular weight excluding hydrogens is 202 g/mol. The molecule has 1 aliphatic rings. The molecule has 1 heterocycles. The Kier molecular flexibility index (Phi) is 6.62. The van der Waals surface area contributed by atoms with E-state index >= 15 is 0 Å². The van der Waals surface area contributed by atoms with Crippen LogP contribution in [0.1, 0.15) is 19.3 Å². The number of hydrogen-bond donors (Lipinski definition) is 2. The number of nitrogens with one attached hydrogen (secondary N) is 2. The van der Waals surface area contributed by atoms with Crippen molar-refractivity contribution in [1.29, 1.82) is 0 Å². The van der Waals surface area contributed by atoms with E-state index in [0.29, 0.717) is 6.54 Å². The van der Waals surface area contributed by atoms with Crippen molar-refractivity contribution in [2.75, 3.05) is 39.3 Å². The quantitative estimate of drug-likeness (QED) is 0.485. The molecule has 4 heteroatoms. The summed E-state index contributed by atoms with van der Waals surface area (Å²) in [7, 11) is 0. The maximum absolute atomic E-state index is 11.5. The summed E-state index contributed by atoms with van der Waals surface area (Å²) in [5.74, 6) is 2.72. The second kappa shape index (κ2) is 8.14. The smallest absolute Gasteiger partial charge is 0.234 e. The minimum absolute atomic E-state index is 0.127. The first-order chi connectivity index (χ1) is 7.83. The molecule has 0 aliphatic carbocycles. The van der Waals surface area contributed by atoms with Crippen LogP contribution < -0.4 is 10.6 Å². The van der Waals surface area contributed by atoms with Gasteiger partial charge in [-0.1, -0.05) is 0 Å². The molecule has 1 fully saturated rings. The molecule has 0 spiro atoms. The summed E-state index contributed by atoms with van der Waals surface area (Å²) in [5.41, 5.74) is 0. The third kappa shape index (κ3) is 5.74. The number of piperazine rings is 1. The number of amides is 1. The average molecular weight is 223 g/mol. The summed E-state index contributed by atoms with van der Waals surface area (Å²) >= 11 is 0. The Bertz CT molecular complexity index is 241. The lowest BCUT2D eigenvalue weighted by atomic mass is 10.2. The molecule has 16 heavy (non-hydrogen) atoms. The van der Waals surface area contributed by atoms with Gasteiger partial charge in [-0.25, -0.2) is 0 Å². The van der Waals surface area contributed by atoms with Gasteiger partial charge in [0, 0.05) is 39.1 Å². The van der Waals surface area contributed by atoms with Gasteiger partial charge in [0.25, 0.3) is 0 Å². The van der Waals surface area contributed by atoms with E-state index in [2.05, 4.69) is 21.5 Å². The highest BCUT2D eigenvalue weighted by molar-refractivity contribution is 5.77. The zero-order valence-corrected chi connectivity index (χ0v) is 9.80. The van der Waals surface area contributed by atoms with Gasteiger partial charge in [-0.3, -0.25) is 9.69 Å². The number of unbranched alkanes of at least 4 members (excludes halogenated alkanes) is 2. The predicted octanol–water partition coefficient (Wildman–Crippen LogP) is -0.189. The molecule has 1 amide bonds. The first-order valence-corrected chi connectivity index (χ1v) is 5.96. The molecule has 1 aliphatic heterocycles. The Morgan fingerprint density at radius 1 is 1.38 bits per heavy atom. The Morgan fingerprint density at radius 3 is 2.81 bits per heavy atom. The van der Waals surface area contributed by atoms with Gasteiger partial charge in [0.05, 0.1) is 6.54 Å². The Labute approximate surface area is 97.8 Å². The zero-order chi connectivity index (χ0) is 11.6. The van der Waals surface area contributed by atoms with Gasteiger partial charge >= 0.3 is 0 Å². The fourth-order valence-corrected chi connectivity index (χ4v) is 1.71. The standard InChI is InChI=1S/C12H21N3O/c1-2-3-4-5-6-14-12(16)11-15-9-7-13-8-10-15/h1,13H,3-11H2,(H,14,16). The number of nitrogens with zero attached hydrogens (tertiary/aromatic N) is 1. The van der Waals surface area contributed by atoms with E-state index in [9.17, 15) is 4.79 Å². The first kappa shape index (κ1) is 13.0. The van der Waals surface area contributed by atoms with Crippen LogP contribution in [0.15, 0.2) is 0 Å². The summed E-state index contributed by atoms with van der Waals surface area (Å²) in [6.45, 7) is 5.16. The highest BCUT2D eigenvalue weighted by Crippen LogP contribution is 1.93. The van der Waals surface area contributed by atoms with Gasteiger partial charge in [0.2, 0.25) is 5.91 Å². The molecule has 90 valence electrons. The van der Waals surface area contributed by atoms with Gasteiger partial charge in [-0.05, 0) is 12.8 Å². The molecule has 0 aromatic heterocycles. The van der Waals surface area contributed by atoms with Crippen molar-refractivity contribution in [1.82, 2.24) is 15.5 Å². The third-order valence-corrected chi connectivity index (χ3v) is 2.65. The summed E-state index contributed by atoms with van der Waals surface area (Å²) < 4.78 is 0. The van der Waals surface area contributed by atoms with E-state index in [1.807, 2.05) is 0 Å². The number of carbonyl (C=O) groups is 1. The number of carbonyl (C=O) groups excluding carboxylic acids is 1. The van der Waals surface area contributed by atoms with Crippen LogP contribution >= 0.6 is 0 Å². The summed E-state index contributed by atoms with van der Waals surface area (Å²) in [6, 6.07) is 0. The van der Waals surface area contributed by atoms with Crippen molar-refractivity contribution >= 4 is 5.91 Å². The van der Waals surface area contributed by atoms with Crippen molar-refractivity contribution in [2.24, 2.45) is 0 Å². The minimum Gasteiger partial charge on any atom is -0.355 e. The first-order valence-electron chi connectivity index (χ1n) is 5.96. The summed E-state index contributed by atoms with van der Waals surface area (Å²) in [6.07, 6.45) is 7.90. The number of hydrogen-bond acceptors (Lipinski definition) is 3. The van der Waals surface area contributed by atoms with E-state index in [-0.39, 0.29) is 5.91 Å². The van der Waals surface area contributed by atoms with Crippen LogP contribution in [0.25, 0.3) is 0 Å². The molecule has 1 saturated heterocycles.